The van der Waals surface area contributed by atoms with E-state index >= 15 is 0 Å². The quantitative estimate of drug-likeness (QED) is 0.420. The topological polar surface area (TPSA) is 80.8 Å². The summed E-state index contributed by atoms with van der Waals surface area (Å²) in [4.78, 5) is 25.3. The highest BCUT2D eigenvalue weighted by Gasteiger charge is 2.53. The lowest BCUT2D eigenvalue weighted by atomic mass is 9.85. The highest BCUT2D eigenvalue weighted by Crippen LogP contribution is 2.35. The first kappa shape index (κ1) is 20.8. The van der Waals surface area contributed by atoms with Crippen molar-refractivity contribution in [2.45, 2.75) is 17.4 Å². The van der Waals surface area contributed by atoms with E-state index in [0.29, 0.717) is 12.0 Å². The maximum Gasteiger partial charge on any atom is 0.338 e. The normalized spacial score (nSPS) is 18.3. The molecule has 1 amide bonds. The molecule has 1 aliphatic rings. The second-order valence-corrected chi connectivity index (χ2v) is 9.10. The molecule has 0 unspecified atom stereocenters. The lowest BCUT2D eigenvalue weighted by Gasteiger charge is -2.45. The van der Waals surface area contributed by atoms with Gasteiger partial charge in [0.15, 0.2) is 0 Å². The minimum Gasteiger partial charge on any atom is -0.460 e. The largest absolute Gasteiger partial charge is 0.460 e. The number of hydrogen-bond acceptors (Lipinski definition) is 5. The van der Waals surface area contributed by atoms with Gasteiger partial charge in [0.05, 0.1) is 22.4 Å². The summed E-state index contributed by atoms with van der Waals surface area (Å²) < 4.78 is 32.5. The van der Waals surface area contributed by atoms with E-state index in [1.54, 1.807) is 48.5 Å². The van der Waals surface area contributed by atoms with Crippen molar-refractivity contribution in [1.29, 1.82) is 0 Å². The van der Waals surface area contributed by atoms with Gasteiger partial charge in [0.2, 0.25) is 5.91 Å². The zero-order valence-corrected chi connectivity index (χ0v) is 17.4. The summed E-state index contributed by atoms with van der Waals surface area (Å²) in [7, 11) is -4.05. The van der Waals surface area contributed by atoms with Crippen LogP contribution in [0.15, 0.2) is 95.9 Å². The molecule has 31 heavy (non-hydrogen) atoms. The van der Waals surface area contributed by atoms with Crippen molar-refractivity contribution in [2.75, 3.05) is 6.61 Å². The fraction of sp³-hybridized carbons (Fsp3) is 0.167. The van der Waals surface area contributed by atoms with Crippen molar-refractivity contribution in [1.82, 2.24) is 4.31 Å². The summed E-state index contributed by atoms with van der Waals surface area (Å²) in [6.07, 6.45) is 0.369. The maximum absolute atomic E-state index is 13.1. The van der Waals surface area contributed by atoms with E-state index in [1.807, 2.05) is 30.3 Å². The Morgan fingerprint density at radius 1 is 0.839 bits per heavy atom. The lowest BCUT2D eigenvalue weighted by molar-refractivity contribution is -0.148. The SMILES string of the molecule is O=C(OC[C@H]1[C@@H](Cc2ccccc2)C(=O)N1S(=O)(=O)c1ccccc1)c1ccccc1. The molecule has 0 bridgehead atoms. The molecule has 0 N–H and O–H groups in total. The Morgan fingerprint density at radius 2 is 1.39 bits per heavy atom. The average molecular weight is 436 g/mol. The summed E-state index contributed by atoms with van der Waals surface area (Å²) in [6, 6.07) is 24.8. The van der Waals surface area contributed by atoms with Gasteiger partial charge < -0.3 is 4.74 Å². The molecule has 0 saturated carbocycles. The molecule has 0 radical (unpaired) electrons. The lowest BCUT2D eigenvalue weighted by Crippen LogP contribution is -2.65. The number of esters is 1. The van der Waals surface area contributed by atoms with Crippen molar-refractivity contribution in [3.05, 3.63) is 102 Å². The van der Waals surface area contributed by atoms with Crippen LogP contribution in [0.4, 0.5) is 0 Å². The van der Waals surface area contributed by atoms with Gasteiger partial charge >= 0.3 is 5.97 Å². The smallest absolute Gasteiger partial charge is 0.338 e. The number of amides is 1. The van der Waals surface area contributed by atoms with Crippen molar-refractivity contribution < 1.29 is 22.7 Å². The number of hydrogen-bond donors (Lipinski definition) is 0. The van der Waals surface area contributed by atoms with Gasteiger partial charge in [0, 0.05) is 0 Å². The molecule has 0 aliphatic carbocycles. The summed E-state index contributed by atoms with van der Waals surface area (Å²) in [5.74, 6) is -1.65. The Morgan fingerprint density at radius 3 is 2.00 bits per heavy atom. The molecule has 0 aromatic heterocycles. The first-order valence-corrected chi connectivity index (χ1v) is 11.3. The van der Waals surface area contributed by atoms with Gasteiger partial charge in [-0.1, -0.05) is 66.7 Å². The van der Waals surface area contributed by atoms with Gasteiger partial charge in [-0.2, -0.15) is 0 Å². The van der Waals surface area contributed by atoms with Gasteiger partial charge in [-0.05, 0) is 36.2 Å². The third-order valence-electron chi connectivity index (χ3n) is 5.29. The van der Waals surface area contributed by atoms with Crippen molar-refractivity contribution in [3.8, 4) is 0 Å². The van der Waals surface area contributed by atoms with Crippen LogP contribution in [0.2, 0.25) is 0 Å². The van der Waals surface area contributed by atoms with Gasteiger partial charge in [-0.25, -0.2) is 17.5 Å². The second-order valence-electron chi connectivity index (χ2n) is 7.28. The number of ether oxygens (including phenoxy) is 1. The third kappa shape index (κ3) is 4.22. The number of rotatable bonds is 7. The Hall–Kier alpha value is -3.45. The molecule has 158 valence electrons. The molecular formula is C24H21NO5S. The van der Waals surface area contributed by atoms with Crippen LogP contribution in [0.5, 0.6) is 0 Å². The number of carbonyl (C=O) groups is 2. The minimum atomic E-state index is -4.05. The Bertz CT molecular complexity index is 1160. The van der Waals surface area contributed by atoms with Crippen molar-refractivity contribution in [2.24, 2.45) is 5.92 Å². The molecule has 0 spiro atoms. The molecule has 3 aromatic rings. The minimum absolute atomic E-state index is 0.0286. The zero-order valence-electron chi connectivity index (χ0n) is 16.6. The second kappa shape index (κ2) is 8.73. The molecule has 1 aliphatic heterocycles. The average Bonchev–Trinajstić information content (AvgIpc) is 2.81. The van der Waals surface area contributed by atoms with E-state index in [9.17, 15) is 18.0 Å². The Labute approximate surface area is 181 Å². The fourth-order valence-corrected chi connectivity index (χ4v) is 5.33. The molecule has 3 aromatic carbocycles. The summed E-state index contributed by atoms with van der Waals surface area (Å²) in [5.41, 5.74) is 1.28. The molecule has 1 fully saturated rings. The predicted octanol–water partition coefficient (Wildman–Crippen LogP) is 3.30. The standard InChI is InChI=1S/C24H21NO5S/c26-23-21(16-18-10-4-1-5-11-18)22(17-30-24(27)19-12-6-2-7-13-19)25(23)31(28,29)20-14-8-3-9-15-20/h1-15,21-22H,16-17H2/t21-,22+/m1/s1. The third-order valence-corrected chi connectivity index (χ3v) is 7.13. The van der Waals surface area contributed by atoms with Crippen LogP contribution in [-0.2, 0) is 26.0 Å². The molecule has 1 saturated heterocycles. The first-order valence-electron chi connectivity index (χ1n) is 9.88. The van der Waals surface area contributed by atoms with E-state index in [-0.39, 0.29) is 11.5 Å². The van der Waals surface area contributed by atoms with Crippen LogP contribution in [0.3, 0.4) is 0 Å². The Balaban J connectivity index is 1.58. The van der Waals surface area contributed by atoms with Crippen LogP contribution in [0, 0.1) is 5.92 Å². The van der Waals surface area contributed by atoms with E-state index in [2.05, 4.69) is 0 Å². The zero-order chi connectivity index (χ0) is 21.8. The number of nitrogens with zero attached hydrogens (tertiary/aromatic N) is 1. The number of β-lactam (4-membered cyclic amide) rings is 1. The van der Waals surface area contributed by atoms with Gasteiger partial charge in [0.25, 0.3) is 10.0 Å². The molecule has 6 nitrogen and oxygen atoms in total. The van der Waals surface area contributed by atoms with Gasteiger partial charge in [-0.15, -0.1) is 0 Å². The fourth-order valence-electron chi connectivity index (χ4n) is 3.67. The molecule has 7 heteroatoms. The van der Waals surface area contributed by atoms with E-state index in [4.69, 9.17) is 4.74 Å². The van der Waals surface area contributed by atoms with Gasteiger partial charge in [0.1, 0.15) is 6.61 Å². The van der Waals surface area contributed by atoms with Crippen molar-refractivity contribution in [3.63, 3.8) is 0 Å². The highest BCUT2D eigenvalue weighted by molar-refractivity contribution is 7.89. The molecular weight excluding hydrogens is 414 g/mol. The van der Waals surface area contributed by atoms with Crippen LogP contribution >= 0.6 is 0 Å². The van der Waals surface area contributed by atoms with E-state index in [1.165, 1.54) is 12.1 Å². The molecule has 1 heterocycles. The molecule has 4 rings (SSSR count). The van der Waals surface area contributed by atoms with Crippen LogP contribution in [0.1, 0.15) is 15.9 Å². The maximum atomic E-state index is 13.1. The monoisotopic (exact) mass is 435 g/mol. The number of carbonyl (C=O) groups excluding carboxylic acids is 2. The van der Waals surface area contributed by atoms with Crippen molar-refractivity contribution >= 4 is 21.9 Å². The Kier molecular flexibility index (Phi) is 5.86. The van der Waals surface area contributed by atoms with E-state index < -0.39 is 33.9 Å². The number of sulfonamides is 1. The van der Waals surface area contributed by atoms with Crippen LogP contribution in [-0.4, -0.2) is 37.2 Å². The predicted molar refractivity (Wildman–Crippen MR) is 115 cm³/mol. The van der Waals surface area contributed by atoms with E-state index in [0.717, 1.165) is 9.87 Å². The van der Waals surface area contributed by atoms with Crippen LogP contribution in [0.25, 0.3) is 0 Å². The first-order chi connectivity index (χ1) is 15.0. The summed E-state index contributed by atoms with van der Waals surface area (Å²) >= 11 is 0. The summed E-state index contributed by atoms with van der Waals surface area (Å²) in [6.45, 7) is -0.205. The number of benzene rings is 3. The van der Waals surface area contributed by atoms with Gasteiger partial charge in [-0.3, -0.25) is 4.79 Å². The van der Waals surface area contributed by atoms with Crippen LogP contribution < -0.4 is 0 Å². The highest BCUT2D eigenvalue weighted by atomic mass is 32.2. The summed E-state index contributed by atoms with van der Waals surface area (Å²) in [5, 5.41) is 0. The molecule has 2 atom stereocenters.